The van der Waals surface area contributed by atoms with Gasteiger partial charge >= 0.3 is 0 Å². The summed E-state index contributed by atoms with van der Waals surface area (Å²) < 4.78 is 13.6. The molecule has 2 atom stereocenters. The molecule has 0 radical (unpaired) electrons. The second kappa shape index (κ2) is 5.04. The number of hydrogen-bond donors (Lipinski definition) is 3. The summed E-state index contributed by atoms with van der Waals surface area (Å²) in [5.41, 5.74) is 0.517. The summed E-state index contributed by atoms with van der Waals surface area (Å²) in [7, 11) is 0. The second-order valence-corrected chi connectivity index (χ2v) is 4.24. The van der Waals surface area contributed by atoms with Crippen LogP contribution in [0.25, 0.3) is 10.8 Å². The van der Waals surface area contributed by atoms with Crippen LogP contribution >= 0.6 is 12.6 Å². The topological polar surface area (TPSA) is 40.5 Å². The predicted octanol–water partition coefficient (Wildman–Crippen LogP) is 2.30. The summed E-state index contributed by atoms with van der Waals surface area (Å²) in [5.74, 6) is -0.190. The van der Waals surface area contributed by atoms with Crippen LogP contribution in [0, 0.1) is 5.82 Å². The van der Waals surface area contributed by atoms with Gasteiger partial charge in [0.25, 0.3) is 0 Å². The van der Waals surface area contributed by atoms with Crippen molar-refractivity contribution in [3.05, 3.63) is 47.8 Å². The van der Waals surface area contributed by atoms with Crippen molar-refractivity contribution < 1.29 is 14.6 Å². The van der Waals surface area contributed by atoms with Gasteiger partial charge in [-0.15, -0.1) is 0 Å². The molecule has 90 valence electrons. The number of benzene rings is 2. The van der Waals surface area contributed by atoms with Crippen molar-refractivity contribution in [2.75, 3.05) is 5.75 Å². The zero-order valence-electron chi connectivity index (χ0n) is 9.05. The van der Waals surface area contributed by atoms with Gasteiger partial charge in [0.2, 0.25) is 0 Å². The van der Waals surface area contributed by atoms with E-state index >= 15 is 0 Å². The van der Waals surface area contributed by atoms with Crippen molar-refractivity contribution in [2.24, 2.45) is 0 Å². The number of aliphatic hydroxyl groups is 2. The predicted molar refractivity (Wildman–Crippen MR) is 68.7 cm³/mol. The molecular formula is C13H13FO2S. The van der Waals surface area contributed by atoms with E-state index in [1.165, 1.54) is 12.1 Å². The number of thiol groups is 1. The largest absolute Gasteiger partial charge is 0.389 e. The summed E-state index contributed by atoms with van der Waals surface area (Å²) in [6, 6.07) is 9.67. The van der Waals surface area contributed by atoms with Gasteiger partial charge in [0.15, 0.2) is 0 Å². The molecule has 0 saturated heterocycles. The van der Waals surface area contributed by atoms with E-state index in [1.54, 1.807) is 24.3 Å². The quantitative estimate of drug-likeness (QED) is 0.734. The first-order valence-electron chi connectivity index (χ1n) is 5.29. The minimum Gasteiger partial charge on any atom is -0.389 e. The van der Waals surface area contributed by atoms with Gasteiger partial charge in [0.1, 0.15) is 11.9 Å². The summed E-state index contributed by atoms with van der Waals surface area (Å²) in [6.45, 7) is 0. The first-order chi connectivity index (χ1) is 8.15. The third-order valence-electron chi connectivity index (χ3n) is 2.77. The van der Waals surface area contributed by atoms with Crippen LogP contribution in [0.3, 0.4) is 0 Å². The molecule has 2 aromatic carbocycles. The van der Waals surface area contributed by atoms with E-state index in [1.807, 2.05) is 0 Å². The SMILES string of the molecule is OC(CS)C(O)c1ccc(F)c2ccccc12. The van der Waals surface area contributed by atoms with Gasteiger partial charge in [-0.3, -0.25) is 0 Å². The minimum atomic E-state index is -1.06. The van der Waals surface area contributed by atoms with E-state index in [0.717, 1.165) is 0 Å². The van der Waals surface area contributed by atoms with Gasteiger partial charge in [-0.1, -0.05) is 30.3 Å². The number of fused-ring (bicyclic) bond motifs is 1. The molecule has 2 unspecified atom stereocenters. The zero-order chi connectivity index (χ0) is 12.4. The molecular weight excluding hydrogens is 239 g/mol. The molecule has 0 amide bonds. The molecule has 0 heterocycles. The lowest BCUT2D eigenvalue weighted by molar-refractivity contribution is 0.0346. The van der Waals surface area contributed by atoms with Gasteiger partial charge in [-0.25, -0.2) is 4.39 Å². The van der Waals surface area contributed by atoms with Crippen molar-refractivity contribution in [1.29, 1.82) is 0 Å². The van der Waals surface area contributed by atoms with Crippen LogP contribution in [0.1, 0.15) is 11.7 Å². The monoisotopic (exact) mass is 252 g/mol. The highest BCUT2D eigenvalue weighted by Crippen LogP contribution is 2.28. The van der Waals surface area contributed by atoms with Crippen LogP contribution in [-0.2, 0) is 0 Å². The maximum Gasteiger partial charge on any atom is 0.131 e. The van der Waals surface area contributed by atoms with Gasteiger partial charge in [-0.05, 0) is 17.0 Å². The smallest absolute Gasteiger partial charge is 0.131 e. The molecule has 0 aromatic heterocycles. The van der Waals surface area contributed by atoms with Crippen LogP contribution < -0.4 is 0 Å². The van der Waals surface area contributed by atoms with E-state index in [0.29, 0.717) is 16.3 Å². The molecule has 0 saturated carbocycles. The summed E-state index contributed by atoms with van der Waals surface area (Å²) in [4.78, 5) is 0. The van der Waals surface area contributed by atoms with E-state index in [-0.39, 0.29) is 11.6 Å². The fourth-order valence-corrected chi connectivity index (χ4v) is 2.05. The average molecular weight is 252 g/mol. The Hall–Kier alpha value is -1.10. The van der Waals surface area contributed by atoms with Gasteiger partial charge < -0.3 is 10.2 Å². The number of halogens is 1. The first-order valence-corrected chi connectivity index (χ1v) is 5.92. The fraction of sp³-hybridized carbons (Fsp3) is 0.231. The Bertz CT molecular complexity index is 530. The highest BCUT2D eigenvalue weighted by Gasteiger charge is 2.19. The summed E-state index contributed by atoms with van der Waals surface area (Å²) in [5, 5.41) is 20.6. The molecule has 0 aliphatic rings. The number of rotatable bonds is 3. The highest BCUT2D eigenvalue weighted by molar-refractivity contribution is 7.80. The lowest BCUT2D eigenvalue weighted by Crippen LogP contribution is -2.20. The normalized spacial score (nSPS) is 14.8. The van der Waals surface area contributed by atoms with Gasteiger partial charge in [0.05, 0.1) is 6.10 Å². The molecule has 0 aliphatic carbocycles. The first kappa shape index (κ1) is 12.4. The Kier molecular flexibility index (Phi) is 3.66. The van der Waals surface area contributed by atoms with Crippen LogP contribution in [0.4, 0.5) is 4.39 Å². The summed E-state index contributed by atoms with van der Waals surface area (Å²) in [6.07, 6.45) is -2.02. The van der Waals surface area contributed by atoms with Crippen molar-refractivity contribution in [1.82, 2.24) is 0 Å². The molecule has 2 N–H and O–H groups in total. The molecule has 2 aromatic rings. The second-order valence-electron chi connectivity index (χ2n) is 3.88. The maximum atomic E-state index is 13.6. The van der Waals surface area contributed by atoms with Crippen LogP contribution in [-0.4, -0.2) is 22.1 Å². The zero-order valence-corrected chi connectivity index (χ0v) is 9.94. The number of aliphatic hydroxyl groups excluding tert-OH is 2. The fourth-order valence-electron chi connectivity index (χ4n) is 1.85. The minimum absolute atomic E-state index is 0.146. The van der Waals surface area contributed by atoms with Gasteiger partial charge in [0, 0.05) is 11.1 Å². The third kappa shape index (κ3) is 2.29. The Labute approximate surface area is 104 Å². The Balaban J connectivity index is 2.59. The lowest BCUT2D eigenvalue weighted by atomic mass is 9.97. The Morgan fingerprint density at radius 1 is 1.06 bits per heavy atom. The van der Waals surface area contributed by atoms with Crippen molar-refractivity contribution in [3.8, 4) is 0 Å². The van der Waals surface area contributed by atoms with Crippen LogP contribution in [0.5, 0.6) is 0 Å². The van der Waals surface area contributed by atoms with Crippen LogP contribution in [0.15, 0.2) is 36.4 Å². The Morgan fingerprint density at radius 2 is 1.71 bits per heavy atom. The lowest BCUT2D eigenvalue weighted by Gasteiger charge is -2.18. The Morgan fingerprint density at radius 3 is 2.35 bits per heavy atom. The van der Waals surface area contributed by atoms with Crippen molar-refractivity contribution in [3.63, 3.8) is 0 Å². The molecule has 4 heteroatoms. The van der Waals surface area contributed by atoms with E-state index in [9.17, 15) is 14.6 Å². The molecule has 0 spiro atoms. The molecule has 2 rings (SSSR count). The van der Waals surface area contributed by atoms with E-state index in [4.69, 9.17) is 0 Å². The van der Waals surface area contributed by atoms with E-state index in [2.05, 4.69) is 12.6 Å². The highest BCUT2D eigenvalue weighted by atomic mass is 32.1. The van der Waals surface area contributed by atoms with Gasteiger partial charge in [-0.2, -0.15) is 12.6 Å². The molecule has 0 bridgehead atoms. The van der Waals surface area contributed by atoms with Crippen molar-refractivity contribution >= 4 is 23.4 Å². The number of hydrogen-bond acceptors (Lipinski definition) is 3. The van der Waals surface area contributed by atoms with Crippen molar-refractivity contribution in [2.45, 2.75) is 12.2 Å². The van der Waals surface area contributed by atoms with E-state index < -0.39 is 12.2 Å². The molecule has 17 heavy (non-hydrogen) atoms. The molecule has 2 nitrogen and oxygen atoms in total. The third-order valence-corrected chi connectivity index (χ3v) is 3.15. The standard InChI is InChI=1S/C13H13FO2S/c14-11-6-5-10(13(16)12(15)7-17)8-3-1-2-4-9(8)11/h1-6,12-13,15-17H,7H2. The molecule has 0 aliphatic heterocycles. The average Bonchev–Trinajstić information content (AvgIpc) is 2.38. The summed E-state index contributed by atoms with van der Waals surface area (Å²) >= 11 is 3.94. The molecule has 0 fully saturated rings. The van der Waals surface area contributed by atoms with Crippen LogP contribution in [0.2, 0.25) is 0 Å². The maximum absolute atomic E-state index is 13.6.